The SMILES string of the molecule is C=C[Si]1(C=C)OCCC[Si]1(C)C. The molecule has 0 N–H and O–H groups in total. The van der Waals surface area contributed by atoms with Gasteiger partial charge in [-0.3, -0.25) is 0 Å². The molecule has 68 valence electrons. The minimum Gasteiger partial charge on any atom is -0.412 e. The molecular weight excluding hydrogens is 180 g/mol. The van der Waals surface area contributed by atoms with Crippen LogP contribution in [0.1, 0.15) is 6.42 Å². The molecule has 1 saturated heterocycles. The second-order valence-electron chi connectivity index (χ2n) is 4.04. The summed E-state index contributed by atoms with van der Waals surface area (Å²) in [6.07, 6.45) is 1.23. The minimum atomic E-state index is -1.69. The molecule has 1 heterocycles. The van der Waals surface area contributed by atoms with Crippen molar-refractivity contribution in [2.45, 2.75) is 25.6 Å². The molecule has 0 aromatic rings. The summed E-state index contributed by atoms with van der Waals surface area (Å²) < 4.78 is 5.94. The molecule has 1 fully saturated rings. The van der Waals surface area contributed by atoms with Crippen LogP contribution in [0.25, 0.3) is 0 Å². The monoisotopic (exact) mass is 198 g/mol. The average molecular weight is 198 g/mol. The maximum Gasteiger partial charge on any atom is 0.225 e. The van der Waals surface area contributed by atoms with E-state index in [0.29, 0.717) is 0 Å². The molecule has 3 heteroatoms. The Hall–Kier alpha value is -0.126. The fourth-order valence-electron chi connectivity index (χ4n) is 1.90. The van der Waals surface area contributed by atoms with Crippen LogP contribution >= 0.6 is 0 Å². The van der Waals surface area contributed by atoms with Crippen molar-refractivity contribution < 1.29 is 4.43 Å². The van der Waals surface area contributed by atoms with Crippen molar-refractivity contribution in [3.05, 3.63) is 24.6 Å². The fourth-order valence-corrected chi connectivity index (χ4v) is 12.2. The summed E-state index contributed by atoms with van der Waals surface area (Å²) in [6.45, 7) is 13.6. The largest absolute Gasteiger partial charge is 0.412 e. The first-order chi connectivity index (χ1) is 5.58. The van der Waals surface area contributed by atoms with Crippen LogP contribution in [0.5, 0.6) is 0 Å². The van der Waals surface area contributed by atoms with Gasteiger partial charge in [0, 0.05) is 6.61 Å². The smallest absolute Gasteiger partial charge is 0.225 e. The van der Waals surface area contributed by atoms with E-state index in [1.54, 1.807) is 0 Å². The van der Waals surface area contributed by atoms with Gasteiger partial charge in [0.25, 0.3) is 0 Å². The van der Waals surface area contributed by atoms with Gasteiger partial charge in [-0.15, -0.1) is 13.2 Å². The van der Waals surface area contributed by atoms with Gasteiger partial charge >= 0.3 is 0 Å². The predicted molar refractivity (Wildman–Crippen MR) is 59.0 cm³/mol. The third-order valence-electron chi connectivity index (χ3n) is 2.95. The first kappa shape index (κ1) is 9.96. The predicted octanol–water partition coefficient (Wildman–Crippen LogP) is 2.59. The Labute approximate surface area is 77.1 Å². The van der Waals surface area contributed by atoms with E-state index >= 15 is 0 Å². The standard InChI is InChI=1S/C9H18OSi2/c1-5-12(6-2)10-8-7-9-11(12,3)4/h5-6H,1-2,7-9H2,3-4H3. The zero-order chi connectivity index (χ0) is 9.24. The van der Waals surface area contributed by atoms with Crippen molar-refractivity contribution in [3.8, 4) is 0 Å². The van der Waals surface area contributed by atoms with E-state index in [1.807, 2.05) is 0 Å². The molecule has 0 spiro atoms. The normalized spacial score (nSPS) is 26.2. The van der Waals surface area contributed by atoms with Crippen LogP contribution in [0.2, 0.25) is 19.1 Å². The number of rotatable bonds is 2. The molecule has 0 aliphatic carbocycles. The lowest BCUT2D eigenvalue weighted by Crippen LogP contribution is -2.61. The van der Waals surface area contributed by atoms with Gasteiger partial charge in [-0.2, -0.15) is 0 Å². The Kier molecular flexibility index (Phi) is 2.75. The molecule has 1 aliphatic heterocycles. The second kappa shape index (κ2) is 3.32. The quantitative estimate of drug-likeness (QED) is 0.620. The third kappa shape index (κ3) is 1.36. The van der Waals surface area contributed by atoms with Crippen molar-refractivity contribution in [1.82, 2.24) is 0 Å². The first-order valence-corrected chi connectivity index (χ1v) is 10.8. The summed E-state index contributed by atoms with van der Waals surface area (Å²) in [4.78, 5) is 0. The topological polar surface area (TPSA) is 9.23 Å². The van der Waals surface area contributed by atoms with Crippen LogP contribution in [0.15, 0.2) is 24.6 Å². The van der Waals surface area contributed by atoms with Gasteiger partial charge in [0.05, 0.1) is 7.59 Å². The average Bonchev–Trinajstić information content (AvgIpc) is 2.05. The molecule has 1 aliphatic rings. The molecule has 0 atom stereocenters. The zero-order valence-corrected chi connectivity index (χ0v) is 10.1. The molecule has 0 saturated carbocycles. The van der Waals surface area contributed by atoms with Crippen LogP contribution in [0.4, 0.5) is 0 Å². The molecule has 1 rings (SSSR count). The second-order valence-corrected chi connectivity index (χ2v) is 17.4. The zero-order valence-electron chi connectivity index (χ0n) is 8.10. The number of hydrogen-bond acceptors (Lipinski definition) is 1. The molecule has 1 nitrogen and oxygen atoms in total. The van der Waals surface area contributed by atoms with Crippen molar-refractivity contribution in [2.24, 2.45) is 0 Å². The van der Waals surface area contributed by atoms with E-state index in [1.165, 1.54) is 12.5 Å². The van der Waals surface area contributed by atoms with Crippen molar-refractivity contribution in [3.63, 3.8) is 0 Å². The molecule has 12 heavy (non-hydrogen) atoms. The van der Waals surface area contributed by atoms with Gasteiger partial charge in [0.2, 0.25) is 7.83 Å². The summed E-state index contributed by atoms with van der Waals surface area (Å²) in [5.41, 5.74) is 4.15. The summed E-state index contributed by atoms with van der Waals surface area (Å²) in [7, 11) is -2.88. The molecule has 0 amide bonds. The molecule has 0 bridgehead atoms. The Balaban J connectivity index is 2.96. The lowest BCUT2D eigenvalue weighted by atomic mass is 10.5. The molecule has 0 unspecified atom stereocenters. The van der Waals surface area contributed by atoms with Gasteiger partial charge in [-0.05, 0) is 6.42 Å². The lowest BCUT2D eigenvalue weighted by molar-refractivity contribution is 0.314. The van der Waals surface area contributed by atoms with Crippen molar-refractivity contribution in [1.29, 1.82) is 0 Å². The van der Waals surface area contributed by atoms with Gasteiger partial charge < -0.3 is 4.43 Å². The fraction of sp³-hybridized carbons (Fsp3) is 0.556. The Morgan fingerprint density at radius 1 is 1.25 bits per heavy atom. The molecule has 0 radical (unpaired) electrons. The van der Waals surface area contributed by atoms with Crippen LogP contribution in [-0.4, -0.2) is 22.0 Å². The first-order valence-electron chi connectivity index (χ1n) is 4.49. The molecule has 0 aromatic carbocycles. The van der Waals surface area contributed by atoms with Crippen LogP contribution in [0, 0.1) is 0 Å². The maximum absolute atomic E-state index is 5.94. The van der Waals surface area contributed by atoms with Gasteiger partial charge in [-0.1, -0.05) is 30.5 Å². The molecular formula is C9H18OSi2. The Morgan fingerprint density at radius 2 is 1.83 bits per heavy atom. The van der Waals surface area contributed by atoms with E-state index < -0.39 is 15.4 Å². The highest BCUT2D eigenvalue weighted by molar-refractivity contribution is 7.43. The van der Waals surface area contributed by atoms with E-state index in [9.17, 15) is 0 Å². The van der Waals surface area contributed by atoms with Gasteiger partial charge in [0.15, 0.2) is 0 Å². The Morgan fingerprint density at radius 3 is 2.17 bits per heavy atom. The third-order valence-corrected chi connectivity index (χ3v) is 17.3. The number of hydrogen-bond donors (Lipinski definition) is 0. The van der Waals surface area contributed by atoms with E-state index in [-0.39, 0.29) is 0 Å². The Bertz CT molecular complexity index is 191. The summed E-state index contributed by atoms with van der Waals surface area (Å²) in [5.74, 6) is 0. The summed E-state index contributed by atoms with van der Waals surface area (Å²) >= 11 is 0. The minimum absolute atomic E-state index is 0.917. The summed E-state index contributed by atoms with van der Waals surface area (Å²) in [6, 6.07) is 1.37. The van der Waals surface area contributed by atoms with Gasteiger partial charge in [0.1, 0.15) is 0 Å². The molecule has 0 aromatic heterocycles. The van der Waals surface area contributed by atoms with Gasteiger partial charge in [-0.25, -0.2) is 0 Å². The lowest BCUT2D eigenvalue weighted by Gasteiger charge is -2.42. The van der Waals surface area contributed by atoms with E-state index in [2.05, 4.69) is 37.7 Å². The summed E-state index contributed by atoms with van der Waals surface area (Å²) in [5, 5.41) is 0. The van der Waals surface area contributed by atoms with Crippen molar-refractivity contribution >= 4 is 15.4 Å². The van der Waals surface area contributed by atoms with Crippen LogP contribution in [0.3, 0.4) is 0 Å². The highest BCUT2D eigenvalue weighted by Crippen LogP contribution is 2.31. The van der Waals surface area contributed by atoms with E-state index in [0.717, 1.165) is 6.61 Å². The maximum atomic E-state index is 5.94. The highest BCUT2D eigenvalue weighted by atomic mass is 29.3. The highest BCUT2D eigenvalue weighted by Gasteiger charge is 2.48. The van der Waals surface area contributed by atoms with Crippen LogP contribution in [-0.2, 0) is 4.43 Å². The van der Waals surface area contributed by atoms with Crippen molar-refractivity contribution in [2.75, 3.05) is 6.61 Å². The van der Waals surface area contributed by atoms with E-state index in [4.69, 9.17) is 4.43 Å². The van der Waals surface area contributed by atoms with Crippen LogP contribution < -0.4 is 0 Å².